The molecule has 0 saturated carbocycles. The lowest BCUT2D eigenvalue weighted by Gasteiger charge is -1.99. The summed E-state index contributed by atoms with van der Waals surface area (Å²) in [7, 11) is 0. The van der Waals surface area contributed by atoms with Gasteiger partial charge in [-0.15, -0.1) is 10.2 Å². The Kier molecular flexibility index (Phi) is 2.97. The van der Waals surface area contributed by atoms with E-state index in [0.29, 0.717) is 0 Å². The maximum Gasteiger partial charge on any atom is 0.161 e. The molecular formula is C11H16N4. The van der Waals surface area contributed by atoms with Crippen molar-refractivity contribution in [2.24, 2.45) is 5.73 Å². The van der Waals surface area contributed by atoms with Gasteiger partial charge in [-0.25, -0.2) is 0 Å². The first-order valence-electron chi connectivity index (χ1n) is 5.31. The zero-order chi connectivity index (χ0) is 10.7. The van der Waals surface area contributed by atoms with Gasteiger partial charge in [0.25, 0.3) is 0 Å². The number of pyridine rings is 1. The Labute approximate surface area is 89.1 Å². The fourth-order valence-corrected chi connectivity index (χ4v) is 1.64. The Hall–Kier alpha value is -1.42. The third-order valence-electron chi connectivity index (χ3n) is 2.49. The zero-order valence-corrected chi connectivity index (χ0v) is 8.98. The molecule has 0 amide bonds. The average Bonchev–Trinajstić information content (AvgIpc) is 2.61. The highest BCUT2D eigenvalue weighted by Gasteiger charge is 2.04. The van der Waals surface area contributed by atoms with E-state index in [1.165, 1.54) is 5.56 Å². The minimum atomic E-state index is 0.746. The standard InChI is InChI=1S/C11H16N4/c1-9-5-7-15-10(4-2-3-6-12)13-14-11(15)8-9/h5,7-8H,2-4,6,12H2,1H3. The first kappa shape index (κ1) is 10.1. The Morgan fingerprint density at radius 3 is 3.00 bits per heavy atom. The van der Waals surface area contributed by atoms with E-state index in [1.54, 1.807) is 0 Å². The Morgan fingerprint density at radius 2 is 2.20 bits per heavy atom. The quantitative estimate of drug-likeness (QED) is 0.764. The van der Waals surface area contributed by atoms with Crippen molar-refractivity contribution in [2.45, 2.75) is 26.2 Å². The number of hydrogen-bond donors (Lipinski definition) is 1. The van der Waals surface area contributed by atoms with Crippen LogP contribution in [-0.4, -0.2) is 21.1 Å². The zero-order valence-electron chi connectivity index (χ0n) is 8.98. The maximum atomic E-state index is 5.46. The molecule has 4 heteroatoms. The van der Waals surface area contributed by atoms with E-state index < -0.39 is 0 Å². The van der Waals surface area contributed by atoms with Gasteiger partial charge in [-0.1, -0.05) is 0 Å². The van der Waals surface area contributed by atoms with Crippen LogP contribution in [0.4, 0.5) is 0 Å². The van der Waals surface area contributed by atoms with Gasteiger partial charge in [-0.3, -0.25) is 4.40 Å². The highest BCUT2D eigenvalue weighted by Crippen LogP contribution is 2.08. The summed E-state index contributed by atoms with van der Waals surface area (Å²) < 4.78 is 2.05. The van der Waals surface area contributed by atoms with Gasteiger partial charge < -0.3 is 5.73 Å². The van der Waals surface area contributed by atoms with Gasteiger partial charge in [0.1, 0.15) is 5.82 Å². The molecule has 0 bridgehead atoms. The normalized spacial score (nSPS) is 11.1. The summed E-state index contributed by atoms with van der Waals surface area (Å²) in [5.41, 5.74) is 7.60. The van der Waals surface area contributed by atoms with Crippen molar-refractivity contribution in [3.05, 3.63) is 29.7 Å². The number of unbranched alkanes of at least 4 members (excludes halogenated alkanes) is 1. The molecule has 2 N–H and O–H groups in total. The van der Waals surface area contributed by atoms with Crippen LogP contribution in [0.25, 0.3) is 5.65 Å². The van der Waals surface area contributed by atoms with E-state index in [2.05, 4.69) is 23.2 Å². The fraction of sp³-hybridized carbons (Fsp3) is 0.455. The monoisotopic (exact) mass is 204 g/mol. The summed E-state index contributed by atoms with van der Waals surface area (Å²) in [5, 5.41) is 8.32. The molecule has 0 saturated heterocycles. The number of nitrogens with zero attached hydrogens (tertiary/aromatic N) is 3. The molecule has 0 radical (unpaired) electrons. The molecule has 15 heavy (non-hydrogen) atoms. The largest absolute Gasteiger partial charge is 0.330 e. The first-order chi connectivity index (χ1) is 7.31. The van der Waals surface area contributed by atoms with Crippen molar-refractivity contribution in [1.82, 2.24) is 14.6 Å². The number of aryl methyl sites for hydroxylation is 2. The van der Waals surface area contributed by atoms with Gasteiger partial charge in [0.2, 0.25) is 0 Å². The molecule has 4 nitrogen and oxygen atoms in total. The average molecular weight is 204 g/mol. The summed E-state index contributed by atoms with van der Waals surface area (Å²) in [5.74, 6) is 1.03. The Balaban J connectivity index is 2.21. The number of fused-ring (bicyclic) bond motifs is 1. The molecular weight excluding hydrogens is 188 g/mol. The lowest BCUT2D eigenvalue weighted by Crippen LogP contribution is -2.01. The summed E-state index contributed by atoms with van der Waals surface area (Å²) in [4.78, 5) is 0. The predicted molar refractivity (Wildman–Crippen MR) is 59.7 cm³/mol. The van der Waals surface area contributed by atoms with Crippen molar-refractivity contribution >= 4 is 5.65 Å². The number of aromatic nitrogens is 3. The van der Waals surface area contributed by atoms with Gasteiger partial charge in [0, 0.05) is 12.6 Å². The predicted octanol–water partition coefficient (Wildman–Crippen LogP) is 1.32. The molecule has 0 aliphatic rings. The van der Waals surface area contributed by atoms with Crippen molar-refractivity contribution in [3.8, 4) is 0 Å². The second kappa shape index (κ2) is 4.40. The van der Waals surface area contributed by atoms with Gasteiger partial charge in [0.05, 0.1) is 0 Å². The lowest BCUT2D eigenvalue weighted by molar-refractivity contribution is 0.710. The molecule has 2 aromatic heterocycles. The van der Waals surface area contributed by atoms with Crippen LogP contribution >= 0.6 is 0 Å². The highest BCUT2D eigenvalue weighted by atomic mass is 15.2. The van der Waals surface area contributed by atoms with Gasteiger partial charge >= 0.3 is 0 Å². The van der Waals surface area contributed by atoms with Crippen LogP contribution in [0.2, 0.25) is 0 Å². The molecule has 0 aromatic carbocycles. The van der Waals surface area contributed by atoms with Gasteiger partial charge in [0.15, 0.2) is 5.65 Å². The Morgan fingerprint density at radius 1 is 1.33 bits per heavy atom. The number of hydrogen-bond acceptors (Lipinski definition) is 3. The summed E-state index contributed by atoms with van der Waals surface area (Å²) in [6, 6.07) is 4.11. The summed E-state index contributed by atoms with van der Waals surface area (Å²) >= 11 is 0. The molecule has 2 heterocycles. The van der Waals surface area contributed by atoms with E-state index in [0.717, 1.165) is 37.3 Å². The molecule has 0 fully saturated rings. The van der Waals surface area contributed by atoms with Crippen LogP contribution in [-0.2, 0) is 6.42 Å². The molecule has 0 aliphatic carbocycles. The molecule has 2 rings (SSSR count). The van der Waals surface area contributed by atoms with Crippen molar-refractivity contribution < 1.29 is 0 Å². The topological polar surface area (TPSA) is 56.2 Å². The van der Waals surface area contributed by atoms with Crippen LogP contribution in [0.5, 0.6) is 0 Å². The van der Waals surface area contributed by atoms with Crippen LogP contribution in [0, 0.1) is 6.92 Å². The SMILES string of the molecule is Cc1ccn2c(CCCCN)nnc2c1. The van der Waals surface area contributed by atoms with Crippen molar-refractivity contribution in [1.29, 1.82) is 0 Å². The molecule has 0 spiro atoms. The summed E-state index contributed by atoms with van der Waals surface area (Å²) in [6.45, 7) is 2.80. The van der Waals surface area contributed by atoms with E-state index in [4.69, 9.17) is 5.73 Å². The summed E-state index contributed by atoms with van der Waals surface area (Å²) in [6.07, 6.45) is 5.09. The minimum absolute atomic E-state index is 0.746. The van der Waals surface area contributed by atoms with Crippen molar-refractivity contribution in [2.75, 3.05) is 6.54 Å². The third kappa shape index (κ3) is 2.15. The lowest BCUT2D eigenvalue weighted by atomic mass is 10.2. The maximum absolute atomic E-state index is 5.46. The van der Waals surface area contributed by atoms with Gasteiger partial charge in [-0.2, -0.15) is 0 Å². The molecule has 0 aliphatic heterocycles. The molecule has 0 atom stereocenters. The van der Waals surface area contributed by atoms with Crippen LogP contribution in [0.3, 0.4) is 0 Å². The van der Waals surface area contributed by atoms with Crippen molar-refractivity contribution in [3.63, 3.8) is 0 Å². The van der Waals surface area contributed by atoms with E-state index in [1.807, 2.05) is 16.7 Å². The van der Waals surface area contributed by atoms with Crippen LogP contribution in [0.15, 0.2) is 18.3 Å². The fourth-order valence-electron chi connectivity index (χ4n) is 1.64. The van der Waals surface area contributed by atoms with E-state index in [9.17, 15) is 0 Å². The first-order valence-corrected chi connectivity index (χ1v) is 5.31. The molecule has 80 valence electrons. The van der Waals surface area contributed by atoms with Crippen LogP contribution < -0.4 is 5.73 Å². The number of nitrogens with two attached hydrogens (primary N) is 1. The second-order valence-corrected chi connectivity index (χ2v) is 3.79. The van der Waals surface area contributed by atoms with E-state index in [-0.39, 0.29) is 0 Å². The smallest absolute Gasteiger partial charge is 0.161 e. The van der Waals surface area contributed by atoms with Gasteiger partial charge in [-0.05, 0) is 44.0 Å². The highest BCUT2D eigenvalue weighted by molar-refractivity contribution is 5.40. The number of rotatable bonds is 4. The van der Waals surface area contributed by atoms with Crippen LogP contribution in [0.1, 0.15) is 24.2 Å². The minimum Gasteiger partial charge on any atom is -0.330 e. The molecule has 0 unspecified atom stereocenters. The molecule has 2 aromatic rings. The van der Waals surface area contributed by atoms with E-state index >= 15 is 0 Å². The second-order valence-electron chi connectivity index (χ2n) is 3.79. The Bertz CT molecular complexity index is 447. The third-order valence-corrected chi connectivity index (χ3v) is 2.49.